The average molecular weight is 431 g/mol. The summed E-state index contributed by atoms with van der Waals surface area (Å²) in [6, 6.07) is 17.3. The zero-order chi connectivity index (χ0) is 21.6. The quantitative estimate of drug-likeness (QED) is 0.670. The van der Waals surface area contributed by atoms with Gasteiger partial charge in [0.05, 0.1) is 6.54 Å². The first-order chi connectivity index (χ1) is 14.2. The van der Waals surface area contributed by atoms with Crippen molar-refractivity contribution in [1.29, 1.82) is 0 Å². The lowest BCUT2D eigenvalue weighted by molar-refractivity contribution is -0.125. The highest BCUT2D eigenvalue weighted by Gasteiger charge is 2.34. The number of hydrogen-bond donors (Lipinski definition) is 2. The molecule has 2 aromatic carbocycles. The molecule has 0 bridgehead atoms. The SMILES string of the molecule is CC(C)(Cc1ccccc1)NC(=O)CN1CCC(O)(COc2cccc(Cl)c2)CC1. The van der Waals surface area contributed by atoms with E-state index in [9.17, 15) is 9.90 Å². The highest BCUT2D eigenvalue weighted by molar-refractivity contribution is 6.30. The van der Waals surface area contributed by atoms with Gasteiger partial charge in [0.2, 0.25) is 5.91 Å². The van der Waals surface area contributed by atoms with Crippen LogP contribution in [0.2, 0.25) is 5.02 Å². The van der Waals surface area contributed by atoms with E-state index in [0.29, 0.717) is 43.2 Å². The fourth-order valence-electron chi connectivity index (χ4n) is 3.82. The van der Waals surface area contributed by atoms with Crippen LogP contribution < -0.4 is 10.1 Å². The predicted molar refractivity (Wildman–Crippen MR) is 120 cm³/mol. The fraction of sp³-hybridized carbons (Fsp3) is 0.458. The molecule has 0 atom stereocenters. The molecule has 1 amide bonds. The van der Waals surface area contributed by atoms with Gasteiger partial charge in [0.25, 0.3) is 0 Å². The molecule has 3 rings (SSSR count). The van der Waals surface area contributed by atoms with E-state index in [0.717, 1.165) is 6.42 Å². The second kappa shape index (κ2) is 9.82. The number of rotatable bonds is 8. The van der Waals surface area contributed by atoms with E-state index in [1.54, 1.807) is 12.1 Å². The topological polar surface area (TPSA) is 61.8 Å². The molecular formula is C24H31ClN2O3. The Hall–Kier alpha value is -2.08. The zero-order valence-electron chi connectivity index (χ0n) is 17.7. The van der Waals surface area contributed by atoms with E-state index in [2.05, 4.69) is 22.3 Å². The highest BCUT2D eigenvalue weighted by atomic mass is 35.5. The summed E-state index contributed by atoms with van der Waals surface area (Å²) in [5.74, 6) is 0.662. The van der Waals surface area contributed by atoms with E-state index >= 15 is 0 Å². The lowest BCUT2D eigenvalue weighted by atomic mass is 9.92. The van der Waals surface area contributed by atoms with Crippen LogP contribution in [0.5, 0.6) is 5.75 Å². The fourth-order valence-corrected chi connectivity index (χ4v) is 4.00. The minimum absolute atomic E-state index is 0.0107. The third-order valence-corrected chi connectivity index (χ3v) is 5.66. The number of hydrogen-bond acceptors (Lipinski definition) is 4. The Morgan fingerprint density at radius 3 is 2.53 bits per heavy atom. The normalized spacial score (nSPS) is 16.8. The minimum Gasteiger partial charge on any atom is -0.491 e. The number of ether oxygens (including phenoxy) is 1. The molecule has 5 nitrogen and oxygen atoms in total. The smallest absolute Gasteiger partial charge is 0.234 e. The molecule has 1 fully saturated rings. The molecule has 1 aliphatic heterocycles. The maximum atomic E-state index is 12.6. The molecule has 2 N–H and O–H groups in total. The van der Waals surface area contributed by atoms with Crippen molar-refractivity contribution in [3.05, 3.63) is 65.2 Å². The molecule has 6 heteroatoms. The molecule has 2 aromatic rings. The Labute approximate surface area is 184 Å². The van der Waals surface area contributed by atoms with E-state index in [4.69, 9.17) is 16.3 Å². The van der Waals surface area contributed by atoms with Crippen molar-refractivity contribution in [2.45, 2.75) is 44.2 Å². The molecule has 1 aliphatic rings. The third-order valence-electron chi connectivity index (χ3n) is 5.42. The number of likely N-dealkylation sites (tertiary alicyclic amines) is 1. The van der Waals surface area contributed by atoms with Crippen molar-refractivity contribution in [2.24, 2.45) is 0 Å². The number of amides is 1. The van der Waals surface area contributed by atoms with Gasteiger partial charge in [-0.15, -0.1) is 0 Å². The largest absolute Gasteiger partial charge is 0.491 e. The number of carbonyl (C=O) groups is 1. The number of carbonyl (C=O) groups excluding carboxylic acids is 1. The summed E-state index contributed by atoms with van der Waals surface area (Å²) >= 11 is 5.97. The molecule has 0 saturated carbocycles. The molecule has 0 aliphatic carbocycles. The Morgan fingerprint density at radius 2 is 1.87 bits per heavy atom. The first-order valence-corrected chi connectivity index (χ1v) is 10.8. The summed E-state index contributed by atoms with van der Waals surface area (Å²) in [6.07, 6.45) is 1.91. The van der Waals surface area contributed by atoms with Crippen molar-refractivity contribution >= 4 is 17.5 Å². The number of nitrogens with zero attached hydrogens (tertiary/aromatic N) is 1. The van der Waals surface area contributed by atoms with Crippen molar-refractivity contribution < 1.29 is 14.6 Å². The summed E-state index contributed by atoms with van der Waals surface area (Å²) in [7, 11) is 0. The van der Waals surface area contributed by atoms with Crippen LogP contribution in [0.25, 0.3) is 0 Å². The molecule has 1 saturated heterocycles. The predicted octanol–water partition coefficient (Wildman–Crippen LogP) is 3.68. The molecule has 0 aromatic heterocycles. The van der Waals surface area contributed by atoms with Crippen molar-refractivity contribution in [3.63, 3.8) is 0 Å². The summed E-state index contributed by atoms with van der Waals surface area (Å²) in [5, 5.41) is 14.6. The van der Waals surface area contributed by atoms with Gasteiger partial charge in [-0.25, -0.2) is 0 Å². The van der Waals surface area contributed by atoms with Gasteiger partial charge in [-0.2, -0.15) is 0 Å². The Morgan fingerprint density at radius 1 is 1.17 bits per heavy atom. The maximum absolute atomic E-state index is 12.6. The van der Waals surface area contributed by atoms with Crippen LogP contribution in [0.3, 0.4) is 0 Å². The molecule has 162 valence electrons. The van der Waals surface area contributed by atoms with Crippen LogP contribution in [0.1, 0.15) is 32.3 Å². The first-order valence-electron chi connectivity index (χ1n) is 10.4. The molecular weight excluding hydrogens is 400 g/mol. The number of piperidine rings is 1. The Bertz CT molecular complexity index is 833. The lowest BCUT2D eigenvalue weighted by Crippen LogP contribution is -2.53. The van der Waals surface area contributed by atoms with Gasteiger partial charge in [0.15, 0.2) is 0 Å². The van der Waals surface area contributed by atoms with Crippen LogP contribution in [0.4, 0.5) is 0 Å². The Balaban J connectivity index is 1.42. The van der Waals surface area contributed by atoms with E-state index < -0.39 is 5.60 Å². The minimum atomic E-state index is -0.887. The van der Waals surface area contributed by atoms with Gasteiger partial charge in [-0.3, -0.25) is 9.69 Å². The first kappa shape index (κ1) is 22.6. The van der Waals surface area contributed by atoms with Crippen LogP contribution >= 0.6 is 11.6 Å². The number of aliphatic hydroxyl groups is 1. The zero-order valence-corrected chi connectivity index (χ0v) is 18.5. The highest BCUT2D eigenvalue weighted by Crippen LogP contribution is 2.25. The van der Waals surface area contributed by atoms with Crippen LogP contribution in [0.15, 0.2) is 54.6 Å². The molecule has 30 heavy (non-hydrogen) atoms. The number of halogens is 1. The van der Waals surface area contributed by atoms with Crippen LogP contribution in [0, 0.1) is 0 Å². The molecule has 0 spiro atoms. The third kappa shape index (κ3) is 7.01. The number of nitrogens with one attached hydrogen (secondary N) is 1. The second-order valence-corrected chi connectivity index (χ2v) is 9.28. The van der Waals surface area contributed by atoms with Crippen LogP contribution in [-0.4, -0.2) is 53.3 Å². The van der Waals surface area contributed by atoms with Crippen LogP contribution in [-0.2, 0) is 11.2 Å². The summed E-state index contributed by atoms with van der Waals surface area (Å²) in [4.78, 5) is 14.7. The second-order valence-electron chi connectivity index (χ2n) is 8.84. The van der Waals surface area contributed by atoms with Gasteiger partial charge >= 0.3 is 0 Å². The molecule has 0 unspecified atom stereocenters. The lowest BCUT2D eigenvalue weighted by Gasteiger charge is -2.38. The van der Waals surface area contributed by atoms with Gasteiger partial charge in [0, 0.05) is 23.7 Å². The van der Waals surface area contributed by atoms with Gasteiger partial charge in [-0.1, -0.05) is 48.0 Å². The molecule has 0 radical (unpaired) electrons. The van der Waals surface area contributed by atoms with Gasteiger partial charge in [-0.05, 0) is 56.9 Å². The Kier molecular flexibility index (Phi) is 7.40. The van der Waals surface area contributed by atoms with E-state index in [1.807, 2.05) is 44.2 Å². The summed E-state index contributed by atoms with van der Waals surface area (Å²) in [6.45, 7) is 5.95. The van der Waals surface area contributed by atoms with Crippen molar-refractivity contribution in [2.75, 3.05) is 26.2 Å². The van der Waals surface area contributed by atoms with Gasteiger partial charge < -0.3 is 15.2 Å². The summed E-state index contributed by atoms with van der Waals surface area (Å²) in [5.41, 5.74) is -0.00714. The maximum Gasteiger partial charge on any atom is 0.234 e. The van der Waals surface area contributed by atoms with Gasteiger partial charge in [0.1, 0.15) is 18.0 Å². The summed E-state index contributed by atoms with van der Waals surface area (Å²) < 4.78 is 5.74. The van der Waals surface area contributed by atoms with E-state index in [1.165, 1.54) is 5.56 Å². The number of benzene rings is 2. The monoisotopic (exact) mass is 430 g/mol. The van der Waals surface area contributed by atoms with Crippen molar-refractivity contribution in [1.82, 2.24) is 10.2 Å². The van der Waals surface area contributed by atoms with E-state index in [-0.39, 0.29) is 18.1 Å². The molecule has 1 heterocycles. The standard InChI is InChI=1S/C24H31ClN2O3/c1-23(2,16-19-7-4-3-5-8-19)26-22(28)17-27-13-11-24(29,12-14-27)18-30-21-10-6-9-20(25)15-21/h3-10,15,29H,11-14,16-18H2,1-2H3,(H,26,28). The average Bonchev–Trinajstić information content (AvgIpc) is 2.68. The van der Waals surface area contributed by atoms with Crippen molar-refractivity contribution in [3.8, 4) is 5.75 Å².